The van der Waals surface area contributed by atoms with Gasteiger partial charge in [0.05, 0.1) is 5.56 Å². The number of hydrogen-bond acceptors (Lipinski definition) is 3. The molecule has 1 N–H and O–H groups in total. The Bertz CT molecular complexity index is 756. The average molecular weight is 343 g/mol. The lowest BCUT2D eigenvalue weighted by molar-refractivity contribution is -0.129. The first-order valence-corrected chi connectivity index (χ1v) is 8.18. The van der Waals surface area contributed by atoms with Crippen molar-refractivity contribution in [3.8, 4) is 0 Å². The predicted molar refractivity (Wildman–Crippen MR) is 93.9 cm³/mol. The van der Waals surface area contributed by atoms with Crippen molar-refractivity contribution in [1.82, 2.24) is 5.32 Å². The van der Waals surface area contributed by atoms with E-state index in [4.69, 9.17) is 4.74 Å². The summed E-state index contributed by atoms with van der Waals surface area (Å²) in [5, 5.41) is 2.72. The molecule has 2 aromatic carbocycles. The minimum Gasteiger partial charge on any atom is -0.449 e. The molecule has 0 saturated carbocycles. The molecule has 0 aliphatic heterocycles. The van der Waals surface area contributed by atoms with Crippen molar-refractivity contribution >= 4 is 11.9 Å². The Balaban J connectivity index is 1.84. The van der Waals surface area contributed by atoms with E-state index in [0.717, 1.165) is 16.7 Å². The number of ether oxygens (including phenoxy) is 1. The number of carbonyl (C=O) groups is 2. The SMILES string of the molecule is Cc1cccc(C(=O)O[C@@H](C)C(=O)NCCc2ccc(F)cc2)c1C. The number of esters is 1. The van der Waals surface area contributed by atoms with Crippen molar-refractivity contribution in [3.05, 3.63) is 70.5 Å². The molecule has 0 fully saturated rings. The van der Waals surface area contributed by atoms with Crippen molar-refractivity contribution in [2.75, 3.05) is 6.54 Å². The molecule has 4 nitrogen and oxygen atoms in total. The largest absolute Gasteiger partial charge is 0.449 e. The summed E-state index contributed by atoms with van der Waals surface area (Å²) >= 11 is 0. The van der Waals surface area contributed by atoms with Gasteiger partial charge in [-0.05, 0) is 62.1 Å². The molecule has 1 atom stereocenters. The van der Waals surface area contributed by atoms with Gasteiger partial charge in [-0.2, -0.15) is 0 Å². The molecule has 25 heavy (non-hydrogen) atoms. The molecule has 2 rings (SSSR count). The maximum Gasteiger partial charge on any atom is 0.339 e. The maximum atomic E-state index is 12.8. The molecule has 1 amide bonds. The van der Waals surface area contributed by atoms with Crippen LogP contribution >= 0.6 is 0 Å². The number of amides is 1. The minimum atomic E-state index is -0.888. The molecule has 5 heteroatoms. The van der Waals surface area contributed by atoms with Crippen LogP contribution in [0, 0.1) is 19.7 Å². The highest BCUT2D eigenvalue weighted by Gasteiger charge is 2.20. The summed E-state index contributed by atoms with van der Waals surface area (Å²) < 4.78 is 18.1. The van der Waals surface area contributed by atoms with E-state index < -0.39 is 12.1 Å². The van der Waals surface area contributed by atoms with Gasteiger partial charge in [-0.3, -0.25) is 4.79 Å². The predicted octanol–water partition coefficient (Wildman–Crippen LogP) is 3.35. The molecule has 132 valence electrons. The molecule has 0 aromatic heterocycles. The lowest BCUT2D eigenvalue weighted by Crippen LogP contribution is -2.37. The van der Waals surface area contributed by atoms with Crippen LogP contribution in [0.2, 0.25) is 0 Å². The third-order valence-corrected chi connectivity index (χ3v) is 4.10. The number of aryl methyl sites for hydroxylation is 1. The van der Waals surface area contributed by atoms with Gasteiger partial charge in [-0.15, -0.1) is 0 Å². The lowest BCUT2D eigenvalue weighted by atomic mass is 10.0. The van der Waals surface area contributed by atoms with Crippen LogP contribution < -0.4 is 5.32 Å². The van der Waals surface area contributed by atoms with Crippen molar-refractivity contribution in [1.29, 1.82) is 0 Å². The molecule has 0 bridgehead atoms. The zero-order valence-corrected chi connectivity index (χ0v) is 14.6. The first kappa shape index (κ1) is 18.6. The number of benzene rings is 2. The molecule has 0 saturated heterocycles. The number of carbonyl (C=O) groups excluding carboxylic acids is 2. The normalized spacial score (nSPS) is 11.7. The highest BCUT2D eigenvalue weighted by atomic mass is 19.1. The van der Waals surface area contributed by atoms with Gasteiger partial charge in [0.25, 0.3) is 5.91 Å². The molecule has 0 radical (unpaired) electrons. The highest BCUT2D eigenvalue weighted by molar-refractivity contribution is 5.93. The number of halogens is 1. The van der Waals surface area contributed by atoms with Crippen molar-refractivity contribution < 1.29 is 18.7 Å². The molecule has 0 heterocycles. The summed E-state index contributed by atoms with van der Waals surface area (Å²) in [7, 11) is 0. The second kappa shape index (κ2) is 8.42. The second-order valence-electron chi connectivity index (χ2n) is 5.96. The third-order valence-electron chi connectivity index (χ3n) is 4.10. The van der Waals surface area contributed by atoms with Crippen molar-refractivity contribution in [2.45, 2.75) is 33.3 Å². The summed E-state index contributed by atoms with van der Waals surface area (Å²) in [6, 6.07) is 11.5. The Morgan fingerprint density at radius 2 is 1.80 bits per heavy atom. The molecule has 2 aromatic rings. The van der Waals surface area contributed by atoms with E-state index in [1.54, 1.807) is 24.3 Å². The molecule has 0 aliphatic carbocycles. The van der Waals surface area contributed by atoms with Crippen LogP contribution in [0.4, 0.5) is 4.39 Å². The minimum absolute atomic E-state index is 0.292. The summed E-state index contributed by atoms with van der Waals surface area (Å²) in [6.45, 7) is 5.68. The van der Waals surface area contributed by atoms with Crippen molar-refractivity contribution in [2.24, 2.45) is 0 Å². The summed E-state index contributed by atoms with van der Waals surface area (Å²) in [5.41, 5.74) is 3.22. The monoisotopic (exact) mass is 343 g/mol. The van der Waals surface area contributed by atoms with Gasteiger partial charge >= 0.3 is 5.97 Å². The number of rotatable bonds is 6. The van der Waals surface area contributed by atoms with E-state index in [0.29, 0.717) is 18.5 Å². The summed E-state index contributed by atoms with van der Waals surface area (Å²) in [5.74, 6) is -1.16. The van der Waals surface area contributed by atoms with E-state index in [9.17, 15) is 14.0 Å². The van der Waals surface area contributed by atoms with E-state index in [2.05, 4.69) is 5.32 Å². The van der Waals surface area contributed by atoms with Crippen LogP contribution in [-0.4, -0.2) is 24.5 Å². The Morgan fingerprint density at radius 3 is 2.48 bits per heavy atom. The van der Waals surface area contributed by atoms with Crippen LogP contribution in [0.25, 0.3) is 0 Å². The van der Waals surface area contributed by atoms with Gasteiger partial charge in [0.15, 0.2) is 6.10 Å². The van der Waals surface area contributed by atoms with Gasteiger partial charge < -0.3 is 10.1 Å². The first-order chi connectivity index (χ1) is 11.9. The molecular weight excluding hydrogens is 321 g/mol. The van der Waals surface area contributed by atoms with Crippen LogP contribution in [0.5, 0.6) is 0 Å². The lowest BCUT2D eigenvalue weighted by Gasteiger charge is -2.15. The third kappa shape index (κ3) is 5.14. The Hall–Kier alpha value is -2.69. The molecular formula is C20H22FNO3. The highest BCUT2D eigenvalue weighted by Crippen LogP contribution is 2.14. The quantitative estimate of drug-likeness (QED) is 0.819. The fourth-order valence-electron chi connectivity index (χ4n) is 2.37. The van der Waals surface area contributed by atoms with E-state index in [-0.39, 0.29) is 11.7 Å². The van der Waals surface area contributed by atoms with Gasteiger partial charge in [0.2, 0.25) is 0 Å². The van der Waals surface area contributed by atoms with Crippen LogP contribution in [0.3, 0.4) is 0 Å². The van der Waals surface area contributed by atoms with Crippen LogP contribution in [0.15, 0.2) is 42.5 Å². The smallest absolute Gasteiger partial charge is 0.339 e. The summed E-state index contributed by atoms with van der Waals surface area (Å²) in [4.78, 5) is 24.3. The topological polar surface area (TPSA) is 55.4 Å². The van der Waals surface area contributed by atoms with E-state index in [1.807, 2.05) is 19.9 Å². The van der Waals surface area contributed by atoms with E-state index >= 15 is 0 Å². The van der Waals surface area contributed by atoms with Crippen molar-refractivity contribution in [3.63, 3.8) is 0 Å². The molecule has 0 unspecified atom stereocenters. The van der Waals surface area contributed by atoms with Gasteiger partial charge in [0, 0.05) is 6.54 Å². The maximum absolute atomic E-state index is 12.8. The average Bonchev–Trinajstić information content (AvgIpc) is 2.58. The fourth-order valence-corrected chi connectivity index (χ4v) is 2.37. The Morgan fingerprint density at radius 1 is 1.12 bits per heavy atom. The van der Waals surface area contributed by atoms with Crippen LogP contribution in [0.1, 0.15) is 34.0 Å². The van der Waals surface area contributed by atoms with Crippen LogP contribution in [-0.2, 0) is 16.0 Å². The molecule has 0 spiro atoms. The van der Waals surface area contributed by atoms with Gasteiger partial charge in [-0.25, -0.2) is 9.18 Å². The number of nitrogens with one attached hydrogen (secondary N) is 1. The molecule has 0 aliphatic rings. The Kier molecular flexibility index (Phi) is 6.28. The standard InChI is InChI=1S/C20H22FNO3/c1-13-5-4-6-18(14(13)2)20(24)25-15(3)19(23)22-12-11-16-7-9-17(21)10-8-16/h4-10,15H,11-12H2,1-3H3,(H,22,23)/t15-/m0/s1. The first-order valence-electron chi connectivity index (χ1n) is 8.18. The fraction of sp³-hybridized carbons (Fsp3) is 0.300. The zero-order valence-electron chi connectivity index (χ0n) is 14.6. The second-order valence-corrected chi connectivity index (χ2v) is 5.96. The van der Waals surface area contributed by atoms with Gasteiger partial charge in [-0.1, -0.05) is 24.3 Å². The Labute approximate surface area is 147 Å². The van der Waals surface area contributed by atoms with E-state index in [1.165, 1.54) is 19.1 Å². The van der Waals surface area contributed by atoms with Gasteiger partial charge in [0.1, 0.15) is 5.82 Å². The zero-order chi connectivity index (χ0) is 18.4. The summed E-state index contributed by atoms with van der Waals surface area (Å²) in [6.07, 6.45) is -0.315. The number of hydrogen-bond donors (Lipinski definition) is 1.